The number of Topliss-reactive ketones (excluding diaryl/α,β-unsaturated/α-hetero) is 3. The first-order valence-electron chi connectivity index (χ1n) is 33.8. The van der Waals surface area contributed by atoms with Crippen molar-refractivity contribution in [1.82, 2.24) is 0 Å². The maximum Gasteiger partial charge on any atom is 0.210 e. The number of allylic oxidation sites excluding steroid dienone is 9. The Labute approximate surface area is 547 Å². The number of fused-ring (bicyclic) bond motifs is 6. The predicted octanol–water partition coefficient (Wildman–Crippen LogP) is 15.3. The Balaban J connectivity index is 0.858. The van der Waals surface area contributed by atoms with E-state index in [1.54, 1.807) is 0 Å². The predicted molar refractivity (Wildman–Crippen MR) is 380 cm³/mol. The summed E-state index contributed by atoms with van der Waals surface area (Å²) >= 11 is 0. The molecule has 0 saturated heterocycles. The number of ketones is 3. The van der Waals surface area contributed by atoms with E-state index in [-0.39, 0.29) is 68.1 Å². The highest BCUT2D eigenvalue weighted by atomic mass is 16.3. The lowest BCUT2D eigenvalue weighted by atomic mass is 9.76. The van der Waals surface area contributed by atoms with Crippen LogP contribution < -0.4 is 36.7 Å². The first-order chi connectivity index (χ1) is 45.0. The van der Waals surface area contributed by atoms with Gasteiger partial charge in [0.2, 0.25) is 23.0 Å². The molecule has 0 radical (unpaired) electrons. The lowest BCUT2D eigenvalue weighted by molar-refractivity contribution is -0.439. The molecule has 0 fully saturated rings. The van der Waals surface area contributed by atoms with E-state index in [4.69, 9.17) is 9.98 Å². The highest BCUT2D eigenvalue weighted by Crippen LogP contribution is 2.53. The van der Waals surface area contributed by atoms with Crippen molar-refractivity contribution in [2.45, 2.75) is 144 Å². The Morgan fingerprint density at radius 2 is 1.02 bits per heavy atom. The summed E-state index contributed by atoms with van der Waals surface area (Å²) in [6.45, 7) is 27.4. The Morgan fingerprint density at radius 3 is 1.54 bits per heavy atom. The van der Waals surface area contributed by atoms with Crippen molar-refractivity contribution in [3.63, 3.8) is 0 Å². The fourth-order valence-corrected chi connectivity index (χ4v) is 16.3. The molecule has 0 unspecified atom stereocenters. The Hall–Kier alpha value is -9.68. The van der Waals surface area contributed by atoms with Gasteiger partial charge in [0, 0.05) is 79.8 Å². The minimum absolute atomic E-state index is 0.0735. The van der Waals surface area contributed by atoms with Crippen LogP contribution >= 0.6 is 0 Å². The Bertz CT molecular complexity index is 5310. The Kier molecular flexibility index (Phi) is 13.8. The van der Waals surface area contributed by atoms with Crippen molar-refractivity contribution >= 4 is 111 Å². The standard InChI is InChI=1S/C82H80N6O6/c1-13-81(14-2)83-69-51(63-73(89)55(74(63)90)41-59-79(9,10)67-49-23-19-17-21-45(49)29-35-57(67)87(59)39-37-43(5)6)31-25-47-27-33-53(71(85-81)61(47)69)65-77(93)66(78(65)94)54-34-28-48-26-32-52(70-62(48)72(54)86-82(15-3,16-4)84-70)64-75(91)56(76(64)92)42-60-80(11,12)68-50-24-20-18-22-46(50)30-36-58(68)88(60)40-38-44(7)8/h17-36,41-44H,13-16,37-40H2,1-12H3,(H4,83,84,85,86,89,90,91,92,93,94)/p+1/b59-41-. The summed E-state index contributed by atoms with van der Waals surface area (Å²) < 4.78 is 2.34. The van der Waals surface area contributed by atoms with Crippen LogP contribution in [0.1, 0.15) is 144 Å². The number of carbonyl (C=O) groups is 3. The first-order valence-corrected chi connectivity index (χ1v) is 33.8. The van der Waals surface area contributed by atoms with E-state index >= 15 is 4.79 Å². The van der Waals surface area contributed by atoms with Crippen LogP contribution in [-0.4, -0.2) is 67.4 Å². The average molecular weight is 1250 g/mol. The molecular formula is C82H81N6O6+. The van der Waals surface area contributed by atoms with Gasteiger partial charge in [-0.2, -0.15) is 4.58 Å². The second kappa shape index (κ2) is 21.4. The molecule has 8 aromatic carbocycles. The number of rotatable bonds is 14. The lowest BCUT2D eigenvalue weighted by Gasteiger charge is -2.36. The topological polar surface area (TPSA) is 167 Å². The fraction of sp³-hybridized carbons (Fsp3) is 0.317. The third-order valence-corrected chi connectivity index (χ3v) is 21.9. The van der Waals surface area contributed by atoms with E-state index in [1.165, 1.54) is 21.9 Å². The van der Waals surface area contributed by atoms with E-state index in [0.29, 0.717) is 91.9 Å². The molecule has 474 valence electrons. The second-order valence-electron chi connectivity index (χ2n) is 28.7. The molecule has 4 aliphatic heterocycles. The van der Waals surface area contributed by atoms with Crippen LogP contribution in [0, 0.1) is 11.8 Å². The van der Waals surface area contributed by atoms with Gasteiger partial charge < -0.3 is 30.9 Å². The zero-order valence-corrected chi connectivity index (χ0v) is 55.9. The smallest absolute Gasteiger partial charge is 0.210 e. The molecule has 5 N–H and O–H groups in total. The highest BCUT2D eigenvalue weighted by Gasteiger charge is 2.50. The van der Waals surface area contributed by atoms with Gasteiger partial charge in [-0.3, -0.25) is 24.4 Å². The van der Waals surface area contributed by atoms with E-state index in [1.807, 2.05) is 88.4 Å². The number of anilines is 3. The number of benzene rings is 8. The number of nitrogens with zero attached hydrogens (tertiary/aromatic N) is 4. The van der Waals surface area contributed by atoms with E-state index in [9.17, 15) is 24.9 Å². The summed E-state index contributed by atoms with van der Waals surface area (Å²) in [6, 6.07) is 40.7. The van der Waals surface area contributed by atoms with Crippen molar-refractivity contribution in [2.24, 2.45) is 21.8 Å². The molecule has 4 heterocycles. The first kappa shape index (κ1) is 60.6. The maximum absolute atomic E-state index is 15.4. The molecule has 0 bridgehead atoms. The molecule has 0 saturated carbocycles. The molecule has 0 atom stereocenters. The Morgan fingerprint density at radius 1 is 0.521 bits per heavy atom. The maximum atomic E-state index is 15.4. The molecule has 0 spiro atoms. The van der Waals surface area contributed by atoms with Gasteiger partial charge in [-0.25, -0.2) is 0 Å². The van der Waals surface area contributed by atoms with Gasteiger partial charge in [0.1, 0.15) is 35.1 Å². The number of carbonyl (C=O) groups excluding carboxylic acids is 3. The summed E-state index contributed by atoms with van der Waals surface area (Å²) in [7, 11) is 0. The molecule has 3 aliphatic carbocycles. The quantitative estimate of drug-likeness (QED) is 0.0526. The van der Waals surface area contributed by atoms with Crippen molar-refractivity contribution < 1.29 is 34.3 Å². The van der Waals surface area contributed by atoms with E-state index in [0.717, 1.165) is 70.3 Å². The largest absolute Gasteiger partial charge is 0.506 e. The summed E-state index contributed by atoms with van der Waals surface area (Å²) in [4.78, 5) is 58.5. The number of hydrogen-bond donors (Lipinski definition) is 5. The third kappa shape index (κ3) is 8.55. The monoisotopic (exact) mass is 1250 g/mol. The fourth-order valence-electron chi connectivity index (χ4n) is 16.3. The highest BCUT2D eigenvalue weighted by molar-refractivity contribution is 6.52. The molecule has 0 aromatic heterocycles. The number of aliphatic hydroxyl groups is 3. The molecule has 7 aliphatic rings. The summed E-state index contributed by atoms with van der Waals surface area (Å²) in [5.74, 6) is -0.337. The molecule has 94 heavy (non-hydrogen) atoms. The number of aliphatic hydroxyl groups excluding tert-OH is 3. The van der Waals surface area contributed by atoms with Gasteiger partial charge in [-0.15, -0.1) is 0 Å². The van der Waals surface area contributed by atoms with Gasteiger partial charge in [0.15, 0.2) is 5.71 Å². The van der Waals surface area contributed by atoms with Crippen LogP contribution in [0.2, 0.25) is 0 Å². The summed E-state index contributed by atoms with van der Waals surface area (Å²) in [5.41, 5.74) is 7.29. The zero-order valence-electron chi connectivity index (χ0n) is 55.9. The zero-order chi connectivity index (χ0) is 66.0. The van der Waals surface area contributed by atoms with Gasteiger partial charge in [0.25, 0.3) is 0 Å². The molecule has 12 heteroatoms. The average Bonchev–Trinajstić information content (AvgIpc) is 1.46. The third-order valence-electron chi connectivity index (χ3n) is 21.9. The van der Waals surface area contributed by atoms with Crippen molar-refractivity contribution in [3.05, 3.63) is 211 Å². The molecule has 12 nitrogen and oxygen atoms in total. The van der Waals surface area contributed by atoms with Crippen LogP contribution in [0.25, 0.3) is 65.4 Å². The minimum Gasteiger partial charge on any atom is -0.506 e. The second-order valence-corrected chi connectivity index (χ2v) is 28.7. The van der Waals surface area contributed by atoms with Gasteiger partial charge in [-0.05, 0) is 114 Å². The van der Waals surface area contributed by atoms with Crippen LogP contribution in [0.4, 0.5) is 22.7 Å². The van der Waals surface area contributed by atoms with Crippen molar-refractivity contribution in [1.29, 1.82) is 0 Å². The van der Waals surface area contributed by atoms with Crippen LogP contribution in [0.5, 0.6) is 0 Å². The molecular weight excluding hydrogens is 1160 g/mol. The van der Waals surface area contributed by atoms with Crippen molar-refractivity contribution in [2.75, 3.05) is 28.6 Å². The van der Waals surface area contributed by atoms with Gasteiger partial charge >= 0.3 is 0 Å². The number of hydrogen-bond acceptors (Lipinski definition) is 11. The van der Waals surface area contributed by atoms with E-state index in [2.05, 4.69) is 148 Å². The lowest BCUT2D eigenvalue weighted by Crippen LogP contribution is -2.46. The summed E-state index contributed by atoms with van der Waals surface area (Å²) in [5, 5.41) is 54.5. The SMILES string of the molecule is CCC1(CC)N=c2/c(=C3\C(=O)C(c4ccc5cc/c(=C6/C(=O)C(/C=C7\N(CCC(C)C)c8ccc9ccccc9c8C7(C)C)=C6O)c6c5c4NC(CC)(CC)N=6)=C3O)ccc3ccc(C4=C(O)/C(=C/C5=[N+](CCC(C)C)c6ccc7ccccc7c6C5(C)C)C4=O)c(c23)N1. The van der Waals surface area contributed by atoms with Crippen LogP contribution in [0.15, 0.2) is 178 Å². The van der Waals surface area contributed by atoms with Crippen molar-refractivity contribution in [3.8, 4) is 0 Å². The van der Waals surface area contributed by atoms with Gasteiger partial charge in [0.05, 0.1) is 60.9 Å². The van der Waals surface area contributed by atoms with E-state index < -0.39 is 22.2 Å². The normalized spacial score (nSPS) is 20.8. The van der Waals surface area contributed by atoms with Crippen LogP contribution in [0.3, 0.4) is 0 Å². The molecule has 0 amide bonds. The number of nitrogens with one attached hydrogen (secondary N) is 2. The summed E-state index contributed by atoms with van der Waals surface area (Å²) in [6.07, 6.45) is 7.91. The van der Waals surface area contributed by atoms with Gasteiger partial charge in [-0.1, -0.05) is 172 Å². The molecule has 8 aromatic rings. The van der Waals surface area contributed by atoms with Crippen LogP contribution in [-0.2, 0) is 25.2 Å². The molecule has 15 rings (SSSR count). The minimum atomic E-state index is -0.867.